The molecule has 2 saturated heterocycles. The quantitative estimate of drug-likeness (QED) is 0.705. The minimum absolute atomic E-state index is 0.302. The SMILES string of the molecule is CC1(C)CC(N2CCC(C#N)CC2)CN1. The second kappa shape index (κ2) is 4.11. The maximum Gasteiger partial charge on any atom is 0.0656 e. The summed E-state index contributed by atoms with van der Waals surface area (Å²) in [5.74, 6) is 0.309. The van der Waals surface area contributed by atoms with E-state index in [0.29, 0.717) is 17.5 Å². The Bertz CT molecular complexity index is 259. The van der Waals surface area contributed by atoms with E-state index in [1.54, 1.807) is 0 Å². The van der Waals surface area contributed by atoms with Gasteiger partial charge in [-0.15, -0.1) is 0 Å². The summed E-state index contributed by atoms with van der Waals surface area (Å²) in [6.45, 7) is 7.88. The molecule has 3 heteroatoms. The van der Waals surface area contributed by atoms with Crippen LogP contribution in [-0.4, -0.2) is 36.1 Å². The van der Waals surface area contributed by atoms with E-state index in [9.17, 15) is 0 Å². The molecule has 1 unspecified atom stereocenters. The van der Waals surface area contributed by atoms with Crippen LogP contribution in [0.4, 0.5) is 0 Å². The van der Waals surface area contributed by atoms with Crippen LogP contribution in [0.2, 0.25) is 0 Å². The summed E-state index contributed by atoms with van der Waals surface area (Å²) in [6.07, 6.45) is 3.37. The number of rotatable bonds is 1. The highest BCUT2D eigenvalue weighted by atomic mass is 15.2. The molecule has 2 fully saturated rings. The van der Waals surface area contributed by atoms with Crippen LogP contribution < -0.4 is 5.32 Å². The summed E-state index contributed by atoms with van der Waals surface area (Å²) in [5.41, 5.74) is 0.302. The van der Waals surface area contributed by atoms with E-state index >= 15 is 0 Å². The molecular weight excluding hydrogens is 186 g/mol. The Balaban J connectivity index is 1.85. The van der Waals surface area contributed by atoms with E-state index in [1.165, 1.54) is 6.42 Å². The summed E-state index contributed by atoms with van der Waals surface area (Å²) in [5, 5.41) is 12.4. The van der Waals surface area contributed by atoms with Gasteiger partial charge in [-0.1, -0.05) is 0 Å². The summed E-state index contributed by atoms with van der Waals surface area (Å²) in [4.78, 5) is 2.57. The normalized spacial score (nSPS) is 32.7. The highest BCUT2D eigenvalue weighted by molar-refractivity contribution is 4.96. The topological polar surface area (TPSA) is 39.1 Å². The van der Waals surface area contributed by atoms with Crippen molar-refractivity contribution in [2.45, 2.75) is 44.7 Å². The molecule has 2 aliphatic heterocycles. The molecule has 3 nitrogen and oxygen atoms in total. The number of hydrogen-bond donors (Lipinski definition) is 1. The van der Waals surface area contributed by atoms with Gasteiger partial charge in [-0.2, -0.15) is 5.26 Å². The van der Waals surface area contributed by atoms with Gasteiger partial charge in [0, 0.05) is 24.0 Å². The number of likely N-dealkylation sites (tertiary alicyclic amines) is 1. The molecule has 2 heterocycles. The van der Waals surface area contributed by atoms with Gasteiger partial charge in [0.1, 0.15) is 0 Å². The van der Waals surface area contributed by atoms with Gasteiger partial charge in [-0.05, 0) is 46.2 Å². The van der Waals surface area contributed by atoms with Crippen molar-refractivity contribution in [1.82, 2.24) is 10.2 Å². The molecule has 0 aromatic heterocycles. The third kappa shape index (κ3) is 2.50. The van der Waals surface area contributed by atoms with Crippen molar-refractivity contribution >= 4 is 0 Å². The van der Waals surface area contributed by atoms with Crippen LogP contribution in [0.15, 0.2) is 0 Å². The monoisotopic (exact) mass is 207 g/mol. The highest BCUT2D eigenvalue weighted by Crippen LogP contribution is 2.26. The molecule has 0 saturated carbocycles. The van der Waals surface area contributed by atoms with E-state index in [4.69, 9.17) is 5.26 Å². The molecule has 0 aromatic rings. The molecule has 1 atom stereocenters. The second-order valence-corrected chi connectivity index (χ2v) is 5.56. The molecule has 0 aliphatic carbocycles. The maximum absolute atomic E-state index is 8.84. The lowest BCUT2D eigenvalue weighted by molar-refractivity contribution is 0.152. The van der Waals surface area contributed by atoms with Crippen molar-refractivity contribution in [3.05, 3.63) is 0 Å². The Morgan fingerprint density at radius 3 is 2.47 bits per heavy atom. The van der Waals surface area contributed by atoms with Crippen molar-refractivity contribution in [2.24, 2.45) is 5.92 Å². The standard InChI is InChI=1S/C12H21N3/c1-12(2)7-11(9-14-12)15-5-3-10(8-13)4-6-15/h10-11,14H,3-7,9H2,1-2H3. The van der Waals surface area contributed by atoms with Crippen LogP contribution >= 0.6 is 0 Å². The van der Waals surface area contributed by atoms with Crippen LogP contribution in [0.5, 0.6) is 0 Å². The minimum Gasteiger partial charge on any atom is -0.310 e. The predicted octanol–water partition coefficient (Wildman–Crippen LogP) is 1.36. The number of nitrogens with one attached hydrogen (secondary N) is 1. The zero-order valence-electron chi connectivity index (χ0n) is 9.79. The summed E-state index contributed by atoms with van der Waals surface area (Å²) >= 11 is 0. The van der Waals surface area contributed by atoms with Crippen LogP contribution in [-0.2, 0) is 0 Å². The molecule has 2 aliphatic rings. The van der Waals surface area contributed by atoms with Crippen LogP contribution in [0.1, 0.15) is 33.1 Å². The van der Waals surface area contributed by atoms with Gasteiger partial charge in [0.25, 0.3) is 0 Å². The van der Waals surface area contributed by atoms with Crippen molar-refractivity contribution < 1.29 is 0 Å². The lowest BCUT2D eigenvalue weighted by Crippen LogP contribution is -2.42. The molecule has 0 aromatic carbocycles. The first kappa shape index (κ1) is 10.9. The summed E-state index contributed by atoms with van der Waals surface area (Å²) in [7, 11) is 0. The number of piperidine rings is 1. The lowest BCUT2D eigenvalue weighted by atomic mass is 9.95. The van der Waals surface area contributed by atoms with Crippen molar-refractivity contribution in [1.29, 1.82) is 5.26 Å². The van der Waals surface area contributed by atoms with E-state index in [-0.39, 0.29) is 0 Å². The van der Waals surface area contributed by atoms with Gasteiger partial charge in [0.15, 0.2) is 0 Å². The lowest BCUT2D eigenvalue weighted by Gasteiger charge is -2.34. The largest absolute Gasteiger partial charge is 0.310 e. The molecule has 15 heavy (non-hydrogen) atoms. The van der Waals surface area contributed by atoms with Crippen molar-refractivity contribution in [3.63, 3.8) is 0 Å². The third-order valence-corrected chi connectivity index (χ3v) is 3.79. The molecule has 0 bridgehead atoms. The van der Waals surface area contributed by atoms with E-state index in [2.05, 4.69) is 30.1 Å². The fraction of sp³-hybridized carbons (Fsp3) is 0.917. The Morgan fingerprint density at radius 1 is 1.33 bits per heavy atom. The van der Waals surface area contributed by atoms with Gasteiger partial charge in [0.2, 0.25) is 0 Å². The molecule has 84 valence electrons. The molecular formula is C12H21N3. The zero-order chi connectivity index (χ0) is 10.9. The minimum atomic E-state index is 0.302. The summed E-state index contributed by atoms with van der Waals surface area (Å²) < 4.78 is 0. The second-order valence-electron chi connectivity index (χ2n) is 5.56. The molecule has 1 N–H and O–H groups in total. The molecule has 0 amide bonds. The van der Waals surface area contributed by atoms with Crippen LogP contribution in [0, 0.1) is 17.2 Å². The Labute approximate surface area is 92.4 Å². The van der Waals surface area contributed by atoms with E-state index < -0.39 is 0 Å². The zero-order valence-corrected chi connectivity index (χ0v) is 9.79. The average molecular weight is 207 g/mol. The average Bonchev–Trinajstić information content (AvgIpc) is 2.59. The molecule has 0 radical (unpaired) electrons. The fourth-order valence-electron chi connectivity index (χ4n) is 2.78. The van der Waals surface area contributed by atoms with E-state index in [1.807, 2.05) is 0 Å². The Morgan fingerprint density at radius 2 is 2.00 bits per heavy atom. The highest BCUT2D eigenvalue weighted by Gasteiger charge is 2.35. The third-order valence-electron chi connectivity index (χ3n) is 3.79. The molecule has 0 spiro atoms. The first-order valence-corrected chi connectivity index (χ1v) is 5.99. The first-order chi connectivity index (χ1) is 7.11. The predicted molar refractivity (Wildman–Crippen MR) is 60.4 cm³/mol. The van der Waals surface area contributed by atoms with Crippen LogP contribution in [0.3, 0.4) is 0 Å². The van der Waals surface area contributed by atoms with Crippen molar-refractivity contribution in [2.75, 3.05) is 19.6 Å². The smallest absolute Gasteiger partial charge is 0.0656 e. The Kier molecular flexibility index (Phi) is 2.99. The number of nitriles is 1. The summed E-state index contributed by atoms with van der Waals surface area (Å²) in [6, 6.07) is 3.08. The fourth-order valence-corrected chi connectivity index (χ4v) is 2.78. The van der Waals surface area contributed by atoms with Gasteiger partial charge in [-0.3, -0.25) is 4.90 Å². The number of hydrogen-bond acceptors (Lipinski definition) is 3. The van der Waals surface area contributed by atoms with Crippen molar-refractivity contribution in [3.8, 4) is 6.07 Å². The number of nitrogens with zero attached hydrogens (tertiary/aromatic N) is 2. The van der Waals surface area contributed by atoms with Gasteiger partial charge < -0.3 is 5.32 Å². The van der Waals surface area contributed by atoms with Gasteiger partial charge >= 0.3 is 0 Å². The molecule has 2 rings (SSSR count). The van der Waals surface area contributed by atoms with Gasteiger partial charge in [-0.25, -0.2) is 0 Å². The Hall–Kier alpha value is -0.590. The first-order valence-electron chi connectivity index (χ1n) is 5.99. The van der Waals surface area contributed by atoms with Crippen LogP contribution in [0.25, 0.3) is 0 Å². The maximum atomic E-state index is 8.84. The van der Waals surface area contributed by atoms with E-state index in [0.717, 1.165) is 32.5 Å². The van der Waals surface area contributed by atoms with Gasteiger partial charge in [0.05, 0.1) is 6.07 Å².